The molecule has 0 amide bonds. The summed E-state index contributed by atoms with van der Waals surface area (Å²) in [6.45, 7) is 5.85. The number of aromatic nitrogens is 1. The molecule has 0 unspecified atom stereocenters. The monoisotopic (exact) mass is 440 g/mol. The number of aliphatic imine (C=N–C) groups is 1. The smallest absolute Gasteiger partial charge is 0.226 e. The van der Waals surface area contributed by atoms with Crippen molar-refractivity contribution in [3.05, 3.63) is 71.6 Å². The van der Waals surface area contributed by atoms with Gasteiger partial charge in [0.2, 0.25) is 5.89 Å². The molecule has 3 rings (SSSR count). The van der Waals surface area contributed by atoms with E-state index >= 15 is 0 Å². The van der Waals surface area contributed by atoms with Gasteiger partial charge in [-0.3, -0.25) is 0 Å². The van der Waals surface area contributed by atoms with Crippen molar-refractivity contribution in [1.29, 1.82) is 0 Å². The molecule has 0 aliphatic rings. The van der Waals surface area contributed by atoms with E-state index in [1.165, 1.54) is 11.8 Å². The van der Waals surface area contributed by atoms with Crippen LogP contribution in [0.3, 0.4) is 0 Å². The largest absolute Gasteiger partial charge is 0.444 e. The first kappa shape index (κ1) is 22.6. The molecule has 0 atom stereocenters. The molecule has 1 heterocycles. The molecular formula is C23H28N4O3S. The van der Waals surface area contributed by atoms with Crippen LogP contribution < -0.4 is 10.6 Å². The second-order valence-electron chi connectivity index (χ2n) is 7.30. The number of aryl methyl sites for hydroxylation is 1. The SMILES string of the molecule is CCNC(=NCc1coc(-c2ccc(C)cc2)n1)NCCc1ccc(S(C)(=O)=O)cc1. The quantitative estimate of drug-likeness (QED) is 0.412. The average Bonchev–Trinajstić information content (AvgIpc) is 3.21. The van der Waals surface area contributed by atoms with Crippen LogP contribution >= 0.6 is 0 Å². The van der Waals surface area contributed by atoms with Gasteiger partial charge in [-0.25, -0.2) is 18.4 Å². The van der Waals surface area contributed by atoms with Gasteiger partial charge < -0.3 is 15.1 Å². The van der Waals surface area contributed by atoms with Crippen LogP contribution in [0.5, 0.6) is 0 Å². The Balaban J connectivity index is 1.56. The predicted molar refractivity (Wildman–Crippen MR) is 123 cm³/mol. The fraction of sp³-hybridized carbons (Fsp3) is 0.304. The molecule has 3 aromatic rings. The number of hydrogen-bond acceptors (Lipinski definition) is 5. The summed E-state index contributed by atoms with van der Waals surface area (Å²) < 4.78 is 28.7. The maximum absolute atomic E-state index is 11.6. The van der Waals surface area contributed by atoms with E-state index in [4.69, 9.17) is 4.42 Å². The lowest BCUT2D eigenvalue weighted by Crippen LogP contribution is -2.38. The van der Waals surface area contributed by atoms with Gasteiger partial charge in [-0.15, -0.1) is 0 Å². The van der Waals surface area contributed by atoms with Crippen LogP contribution in [0.2, 0.25) is 0 Å². The lowest BCUT2D eigenvalue weighted by molar-refractivity contribution is 0.572. The van der Waals surface area contributed by atoms with Gasteiger partial charge in [0.05, 0.1) is 11.4 Å². The second-order valence-corrected chi connectivity index (χ2v) is 9.31. The fourth-order valence-electron chi connectivity index (χ4n) is 2.94. The van der Waals surface area contributed by atoms with Gasteiger partial charge in [0.25, 0.3) is 0 Å². The van der Waals surface area contributed by atoms with Crippen LogP contribution in [0.4, 0.5) is 0 Å². The van der Waals surface area contributed by atoms with Crippen LogP contribution in [-0.2, 0) is 22.8 Å². The van der Waals surface area contributed by atoms with Gasteiger partial charge in [-0.05, 0) is 50.1 Å². The first-order chi connectivity index (χ1) is 14.8. The highest BCUT2D eigenvalue weighted by atomic mass is 32.2. The average molecular weight is 441 g/mol. The first-order valence-electron chi connectivity index (χ1n) is 10.2. The van der Waals surface area contributed by atoms with Crippen molar-refractivity contribution in [3.63, 3.8) is 0 Å². The van der Waals surface area contributed by atoms with E-state index in [1.54, 1.807) is 18.4 Å². The molecule has 164 valence electrons. The molecule has 0 saturated heterocycles. The minimum atomic E-state index is -3.17. The van der Waals surface area contributed by atoms with Gasteiger partial charge in [0.1, 0.15) is 12.0 Å². The highest BCUT2D eigenvalue weighted by Crippen LogP contribution is 2.19. The zero-order chi connectivity index (χ0) is 22.3. The third kappa shape index (κ3) is 6.68. The molecule has 0 aliphatic carbocycles. The van der Waals surface area contributed by atoms with E-state index in [0.29, 0.717) is 29.8 Å². The highest BCUT2D eigenvalue weighted by molar-refractivity contribution is 7.90. The van der Waals surface area contributed by atoms with Crippen molar-refractivity contribution in [2.45, 2.75) is 31.7 Å². The van der Waals surface area contributed by atoms with Crippen molar-refractivity contribution >= 4 is 15.8 Å². The highest BCUT2D eigenvalue weighted by Gasteiger charge is 2.08. The Kier molecular flexibility index (Phi) is 7.46. The van der Waals surface area contributed by atoms with Crippen LogP contribution in [0.15, 0.2) is 69.1 Å². The lowest BCUT2D eigenvalue weighted by Gasteiger charge is -2.11. The number of guanidine groups is 1. The molecular weight excluding hydrogens is 412 g/mol. The van der Waals surface area contributed by atoms with Gasteiger partial charge in [0, 0.05) is 24.9 Å². The zero-order valence-electron chi connectivity index (χ0n) is 18.1. The predicted octanol–water partition coefficient (Wildman–Crippen LogP) is 3.35. The molecule has 7 nitrogen and oxygen atoms in total. The summed E-state index contributed by atoms with van der Waals surface area (Å²) in [6, 6.07) is 15.0. The van der Waals surface area contributed by atoms with E-state index in [0.717, 1.165) is 29.8 Å². The Labute approximate surface area is 183 Å². The summed E-state index contributed by atoms with van der Waals surface area (Å²) in [5.74, 6) is 1.27. The third-order valence-corrected chi connectivity index (χ3v) is 5.78. The molecule has 0 fully saturated rings. The summed E-state index contributed by atoms with van der Waals surface area (Å²) in [5.41, 5.74) is 3.93. The number of oxazole rings is 1. The fourth-order valence-corrected chi connectivity index (χ4v) is 3.57. The van der Waals surface area contributed by atoms with Crippen molar-refractivity contribution in [1.82, 2.24) is 15.6 Å². The molecule has 8 heteroatoms. The van der Waals surface area contributed by atoms with Crippen LogP contribution in [0, 0.1) is 6.92 Å². The molecule has 0 saturated carbocycles. The number of nitrogens with zero attached hydrogens (tertiary/aromatic N) is 2. The molecule has 2 aromatic carbocycles. The number of sulfone groups is 1. The summed E-state index contributed by atoms with van der Waals surface area (Å²) in [6.07, 6.45) is 3.59. The standard InChI is InChI=1S/C23H28N4O3S/c1-4-24-23(25-14-13-18-7-11-21(12-8-18)31(3,28)29)26-15-20-16-30-22(27-20)19-9-5-17(2)6-10-19/h5-12,16H,4,13-15H2,1-3H3,(H2,24,25,26). The van der Waals surface area contributed by atoms with Crippen LogP contribution in [-0.4, -0.2) is 38.7 Å². The van der Waals surface area contributed by atoms with E-state index in [9.17, 15) is 8.42 Å². The zero-order valence-corrected chi connectivity index (χ0v) is 18.9. The maximum Gasteiger partial charge on any atom is 0.226 e. The van der Waals surface area contributed by atoms with Crippen molar-refractivity contribution in [2.75, 3.05) is 19.3 Å². The Morgan fingerprint density at radius 3 is 2.42 bits per heavy atom. The Hall–Kier alpha value is -3.13. The summed E-state index contributed by atoms with van der Waals surface area (Å²) >= 11 is 0. The minimum absolute atomic E-state index is 0.330. The van der Waals surface area contributed by atoms with E-state index in [-0.39, 0.29) is 0 Å². The molecule has 0 spiro atoms. The Bertz CT molecular complexity index is 1120. The van der Waals surface area contributed by atoms with Crippen LogP contribution in [0.1, 0.15) is 23.7 Å². The van der Waals surface area contributed by atoms with Gasteiger partial charge >= 0.3 is 0 Å². The van der Waals surface area contributed by atoms with Gasteiger partial charge in [0.15, 0.2) is 15.8 Å². The number of rotatable bonds is 8. The maximum atomic E-state index is 11.6. The second kappa shape index (κ2) is 10.3. The van der Waals surface area contributed by atoms with E-state index in [1.807, 2.05) is 50.2 Å². The summed E-state index contributed by atoms with van der Waals surface area (Å²) in [5, 5.41) is 6.51. The first-order valence-corrected chi connectivity index (χ1v) is 12.1. The number of nitrogens with one attached hydrogen (secondary N) is 2. The van der Waals surface area contributed by atoms with Gasteiger partial charge in [-0.1, -0.05) is 29.8 Å². The Morgan fingerprint density at radius 1 is 1.06 bits per heavy atom. The lowest BCUT2D eigenvalue weighted by atomic mass is 10.1. The molecule has 0 bridgehead atoms. The van der Waals surface area contributed by atoms with Crippen LogP contribution in [0.25, 0.3) is 11.5 Å². The van der Waals surface area contributed by atoms with Crippen molar-refractivity contribution < 1.29 is 12.8 Å². The molecule has 0 radical (unpaired) electrons. The Morgan fingerprint density at radius 2 is 1.77 bits per heavy atom. The van der Waals surface area contributed by atoms with Crippen molar-refractivity contribution in [3.8, 4) is 11.5 Å². The minimum Gasteiger partial charge on any atom is -0.444 e. The third-order valence-electron chi connectivity index (χ3n) is 4.65. The summed E-state index contributed by atoms with van der Waals surface area (Å²) in [7, 11) is -3.17. The normalized spacial score (nSPS) is 12.0. The van der Waals surface area contributed by atoms with Crippen molar-refractivity contribution in [2.24, 2.45) is 4.99 Å². The topological polar surface area (TPSA) is 96.6 Å². The summed E-state index contributed by atoms with van der Waals surface area (Å²) in [4.78, 5) is 9.43. The molecule has 1 aromatic heterocycles. The van der Waals surface area contributed by atoms with E-state index in [2.05, 4.69) is 20.6 Å². The number of benzene rings is 2. The molecule has 0 aliphatic heterocycles. The number of hydrogen-bond donors (Lipinski definition) is 2. The molecule has 2 N–H and O–H groups in total. The molecule has 31 heavy (non-hydrogen) atoms. The van der Waals surface area contributed by atoms with E-state index < -0.39 is 9.84 Å². The van der Waals surface area contributed by atoms with Gasteiger partial charge in [-0.2, -0.15) is 0 Å².